The molecule has 5 nitrogen and oxygen atoms in total. The third-order valence-electron chi connectivity index (χ3n) is 3.74. The number of ether oxygens (including phenoxy) is 3. The lowest BCUT2D eigenvalue weighted by Gasteiger charge is -2.15. The molecule has 0 aromatic heterocycles. The summed E-state index contributed by atoms with van der Waals surface area (Å²) in [7, 11) is 1.60. The van der Waals surface area contributed by atoms with E-state index in [1.165, 1.54) is 5.56 Å². The largest absolute Gasteiger partial charge is 0.497 e. The number of amides is 1. The Morgan fingerprint density at radius 2 is 1.60 bits per heavy atom. The molecule has 1 atom stereocenters. The van der Waals surface area contributed by atoms with E-state index in [0.717, 1.165) is 17.9 Å². The van der Waals surface area contributed by atoms with Crippen LogP contribution in [0, 0.1) is 0 Å². The van der Waals surface area contributed by atoms with Crippen LogP contribution in [0.15, 0.2) is 48.5 Å². The van der Waals surface area contributed by atoms with Crippen molar-refractivity contribution in [1.29, 1.82) is 0 Å². The fourth-order valence-electron chi connectivity index (χ4n) is 2.22. The SMILES string of the molecule is CCc1ccc(OCCNC(=O)[C@H](C)Oc2ccc(OC)cc2)cc1. The molecule has 0 aliphatic carbocycles. The van der Waals surface area contributed by atoms with E-state index in [1.807, 2.05) is 24.3 Å². The molecule has 1 N–H and O–H groups in total. The summed E-state index contributed by atoms with van der Waals surface area (Å²) in [6.45, 7) is 4.65. The Balaban J connectivity index is 1.69. The molecule has 0 aliphatic rings. The molecule has 0 spiro atoms. The van der Waals surface area contributed by atoms with Crippen LogP contribution in [-0.2, 0) is 11.2 Å². The van der Waals surface area contributed by atoms with Crippen molar-refractivity contribution in [2.75, 3.05) is 20.3 Å². The van der Waals surface area contributed by atoms with Gasteiger partial charge in [0.05, 0.1) is 13.7 Å². The molecular weight excluding hydrogens is 318 g/mol. The molecule has 0 fully saturated rings. The van der Waals surface area contributed by atoms with Gasteiger partial charge in [0, 0.05) is 0 Å². The minimum Gasteiger partial charge on any atom is -0.497 e. The summed E-state index contributed by atoms with van der Waals surface area (Å²) in [5, 5.41) is 2.80. The molecule has 2 aromatic carbocycles. The summed E-state index contributed by atoms with van der Waals surface area (Å²) in [6, 6.07) is 15.1. The molecule has 0 unspecified atom stereocenters. The number of methoxy groups -OCH3 is 1. The highest BCUT2D eigenvalue weighted by molar-refractivity contribution is 5.80. The zero-order valence-corrected chi connectivity index (χ0v) is 15.0. The quantitative estimate of drug-likeness (QED) is 0.710. The van der Waals surface area contributed by atoms with E-state index in [2.05, 4.69) is 12.2 Å². The molecule has 0 saturated carbocycles. The van der Waals surface area contributed by atoms with E-state index < -0.39 is 6.10 Å². The van der Waals surface area contributed by atoms with E-state index >= 15 is 0 Å². The summed E-state index contributed by atoms with van der Waals surface area (Å²) in [4.78, 5) is 12.0. The zero-order valence-electron chi connectivity index (χ0n) is 15.0. The van der Waals surface area contributed by atoms with Gasteiger partial charge in [0.25, 0.3) is 5.91 Å². The summed E-state index contributed by atoms with van der Waals surface area (Å²) < 4.78 is 16.3. The van der Waals surface area contributed by atoms with Crippen LogP contribution in [0.25, 0.3) is 0 Å². The lowest BCUT2D eigenvalue weighted by molar-refractivity contribution is -0.127. The van der Waals surface area contributed by atoms with Crippen molar-refractivity contribution in [3.8, 4) is 17.2 Å². The molecule has 1 amide bonds. The van der Waals surface area contributed by atoms with Gasteiger partial charge in [-0.2, -0.15) is 0 Å². The lowest BCUT2D eigenvalue weighted by atomic mass is 10.2. The second-order valence-corrected chi connectivity index (χ2v) is 5.57. The molecule has 5 heteroatoms. The fraction of sp³-hybridized carbons (Fsp3) is 0.350. The Morgan fingerprint density at radius 3 is 2.20 bits per heavy atom. The van der Waals surface area contributed by atoms with Crippen molar-refractivity contribution in [2.24, 2.45) is 0 Å². The van der Waals surface area contributed by atoms with Gasteiger partial charge in [-0.05, 0) is 55.3 Å². The smallest absolute Gasteiger partial charge is 0.260 e. The first-order valence-electron chi connectivity index (χ1n) is 8.42. The van der Waals surface area contributed by atoms with Gasteiger partial charge in [-0.25, -0.2) is 0 Å². The van der Waals surface area contributed by atoms with Gasteiger partial charge in [0.1, 0.15) is 23.9 Å². The second kappa shape index (κ2) is 9.57. The Kier molecular flexibility index (Phi) is 7.14. The van der Waals surface area contributed by atoms with Crippen LogP contribution in [0.1, 0.15) is 19.4 Å². The first kappa shape index (κ1) is 18.6. The number of rotatable bonds is 9. The van der Waals surface area contributed by atoms with Crippen LogP contribution >= 0.6 is 0 Å². The number of carbonyl (C=O) groups is 1. The van der Waals surface area contributed by atoms with Gasteiger partial charge in [-0.1, -0.05) is 19.1 Å². The zero-order chi connectivity index (χ0) is 18.1. The molecule has 0 radical (unpaired) electrons. The molecule has 25 heavy (non-hydrogen) atoms. The van der Waals surface area contributed by atoms with Gasteiger partial charge < -0.3 is 19.5 Å². The maximum atomic E-state index is 12.0. The van der Waals surface area contributed by atoms with Crippen molar-refractivity contribution in [3.05, 3.63) is 54.1 Å². The Hall–Kier alpha value is -2.69. The van der Waals surface area contributed by atoms with E-state index in [4.69, 9.17) is 14.2 Å². The van der Waals surface area contributed by atoms with Crippen LogP contribution in [0.5, 0.6) is 17.2 Å². The third-order valence-corrected chi connectivity index (χ3v) is 3.74. The van der Waals surface area contributed by atoms with E-state index in [9.17, 15) is 4.79 Å². The summed E-state index contributed by atoms with van der Waals surface area (Å²) in [5.41, 5.74) is 1.27. The number of aryl methyl sites for hydroxylation is 1. The highest BCUT2D eigenvalue weighted by Gasteiger charge is 2.14. The molecule has 0 heterocycles. The molecule has 134 valence electrons. The van der Waals surface area contributed by atoms with Crippen LogP contribution in [0.2, 0.25) is 0 Å². The second-order valence-electron chi connectivity index (χ2n) is 5.57. The van der Waals surface area contributed by atoms with Crippen molar-refractivity contribution < 1.29 is 19.0 Å². The Morgan fingerprint density at radius 1 is 1.00 bits per heavy atom. The number of hydrogen-bond acceptors (Lipinski definition) is 4. The number of benzene rings is 2. The van der Waals surface area contributed by atoms with Gasteiger partial charge in [0.15, 0.2) is 6.10 Å². The lowest BCUT2D eigenvalue weighted by Crippen LogP contribution is -2.38. The molecule has 0 bridgehead atoms. The van der Waals surface area contributed by atoms with E-state index in [-0.39, 0.29) is 5.91 Å². The topological polar surface area (TPSA) is 56.8 Å². The molecule has 2 aromatic rings. The van der Waals surface area contributed by atoms with E-state index in [1.54, 1.807) is 38.3 Å². The van der Waals surface area contributed by atoms with Gasteiger partial charge in [0.2, 0.25) is 0 Å². The number of nitrogens with one attached hydrogen (secondary N) is 1. The van der Waals surface area contributed by atoms with Gasteiger partial charge >= 0.3 is 0 Å². The van der Waals surface area contributed by atoms with Crippen LogP contribution in [-0.4, -0.2) is 32.3 Å². The maximum absolute atomic E-state index is 12.0. The Bertz CT molecular complexity index is 652. The van der Waals surface area contributed by atoms with Crippen molar-refractivity contribution >= 4 is 5.91 Å². The van der Waals surface area contributed by atoms with Crippen LogP contribution in [0.4, 0.5) is 0 Å². The minimum absolute atomic E-state index is 0.180. The average Bonchev–Trinajstić information content (AvgIpc) is 2.66. The highest BCUT2D eigenvalue weighted by Crippen LogP contribution is 2.18. The first-order chi connectivity index (χ1) is 12.1. The number of carbonyl (C=O) groups excluding carboxylic acids is 1. The van der Waals surface area contributed by atoms with Gasteiger partial charge in [-0.15, -0.1) is 0 Å². The monoisotopic (exact) mass is 343 g/mol. The fourth-order valence-corrected chi connectivity index (χ4v) is 2.22. The van der Waals surface area contributed by atoms with Crippen LogP contribution < -0.4 is 19.5 Å². The summed E-state index contributed by atoms with van der Waals surface area (Å²) in [5.74, 6) is 1.99. The van der Waals surface area contributed by atoms with Crippen LogP contribution in [0.3, 0.4) is 0 Å². The normalized spacial score (nSPS) is 11.5. The van der Waals surface area contributed by atoms with E-state index in [0.29, 0.717) is 18.9 Å². The third kappa shape index (κ3) is 6.03. The predicted octanol–water partition coefficient (Wildman–Crippen LogP) is 3.22. The highest BCUT2D eigenvalue weighted by atomic mass is 16.5. The number of hydrogen-bond donors (Lipinski definition) is 1. The molecule has 0 saturated heterocycles. The summed E-state index contributed by atoms with van der Waals surface area (Å²) >= 11 is 0. The van der Waals surface area contributed by atoms with Gasteiger partial charge in [-0.3, -0.25) is 4.79 Å². The maximum Gasteiger partial charge on any atom is 0.260 e. The molecule has 2 rings (SSSR count). The predicted molar refractivity (Wildman–Crippen MR) is 97.4 cm³/mol. The molecular formula is C20H25NO4. The first-order valence-corrected chi connectivity index (χ1v) is 8.42. The van der Waals surface area contributed by atoms with Crippen molar-refractivity contribution in [1.82, 2.24) is 5.32 Å². The average molecular weight is 343 g/mol. The minimum atomic E-state index is -0.586. The van der Waals surface area contributed by atoms with Crippen molar-refractivity contribution in [3.63, 3.8) is 0 Å². The standard InChI is InChI=1S/C20H25NO4/c1-4-16-5-7-18(8-6-16)24-14-13-21-20(22)15(2)25-19-11-9-17(23-3)10-12-19/h5-12,15H,4,13-14H2,1-3H3,(H,21,22)/t15-/m0/s1. The summed E-state index contributed by atoms with van der Waals surface area (Å²) in [6.07, 6.45) is 0.417. The molecule has 0 aliphatic heterocycles. The van der Waals surface area contributed by atoms with Crippen molar-refractivity contribution in [2.45, 2.75) is 26.4 Å². The Labute approximate surface area is 148 Å².